The standard InChI is InChI=1S/C10H20N2.C3H6O2/c1-11(2)9-4-5-10(6-9)7-12(3)8-10;1-2-5-3-4/h9H,4-8H2,1-3H3;3H,2H2,1H3. The summed E-state index contributed by atoms with van der Waals surface area (Å²) in [6.45, 7) is 5.35. The van der Waals surface area contributed by atoms with Crippen LogP contribution in [0.4, 0.5) is 0 Å². The molecule has 1 aliphatic heterocycles. The molecule has 1 heterocycles. The van der Waals surface area contributed by atoms with Crippen LogP contribution in [0.3, 0.4) is 0 Å². The van der Waals surface area contributed by atoms with Crippen LogP contribution in [0.5, 0.6) is 0 Å². The van der Waals surface area contributed by atoms with Gasteiger partial charge in [0.15, 0.2) is 0 Å². The predicted molar refractivity (Wildman–Crippen MR) is 68.9 cm³/mol. The van der Waals surface area contributed by atoms with Crippen molar-refractivity contribution in [2.75, 3.05) is 40.8 Å². The molecule has 2 aliphatic rings. The number of carbonyl (C=O) groups excluding carboxylic acids is 1. The quantitative estimate of drug-likeness (QED) is 0.697. The number of ether oxygens (including phenoxy) is 1. The molecule has 4 nitrogen and oxygen atoms in total. The molecule has 0 amide bonds. The molecular weight excluding hydrogens is 216 g/mol. The van der Waals surface area contributed by atoms with Crippen molar-refractivity contribution in [3.05, 3.63) is 0 Å². The number of carbonyl (C=O) groups is 1. The van der Waals surface area contributed by atoms with Crippen molar-refractivity contribution < 1.29 is 9.53 Å². The summed E-state index contributed by atoms with van der Waals surface area (Å²) in [7, 11) is 6.66. The van der Waals surface area contributed by atoms with Gasteiger partial charge in [-0.25, -0.2) is 0 Å². The van der Waals surface area contributed by atoms with Crippen LogP contribution in [-0.2, 0) is 9.53 Å². The summed E-state index contributed by atoms with van der Waals surface area (Å²) >= 11 is 0. The van der Waals surface area contributed by atoms with Crippen LogP contribution < -0.4 is 0 Å². The van der Waals surface area contributed by atoms with E-state index in [2.05, 4.69) is 35.7 Å². The molecule has 1 spiro atoms. The van der Waals surface area contributed by atoms with Gasteiger partial charge in [0.1, 0.15) is 0 Å². The Kier molecular flexibility index (Phi) is 5.40. The van der Waals surface area contributed by atoms with Gasteiger partial charge in [-0.2, -0.15) is 0 Å². The molecule has 17 heavy (non-hydrogen) atoms. The average Bonchev–Trinajstić information content (AvgIpc) is 2.64. The van der Waals surface area contributed by atoms with Crippen molar-refractivity contribution in [3.8, 4) is 0 Å². The van der Waals surface area contributed by atoms with Crippen LogP contribution in [0, 0.1) is 5.41 Å². The van der Waals surface area contributed by atoms with Gasteiger partial charge in [0, 0.05) is 19.1 Å². The fourth-order valence-corrected chi connectivity index (χ4v) is 3.07. The molecule has 0 aromatic heterocycles. The summed E-state index contributed by atoms with van der Waals surface area (Å²) in [5.41, 5.74) is 0.726. The first-order valence-corrected chi connectivity index (χ1v) is 6.43. The van der Waals surface area contributed by atoms with Crippen LogP contribution in [-0.4, -0.2) is 63.2 Å². The lowest BCUT2D eigenvalue weighted by atomic mass is 9.78. The van der Waals surface area contributed by atoms with Gasteiger partial charge in [0.05, 0.1) is 6.61 Å². The molecule has 2 fully saturated rings. The van der Waals surface area contributed by atoms with E-state index in [4.69, 9.17) is 0 Å². The molecule has 0 radical (unpaired) electrons. The molecule has 1 saturated carbocycles. The second-order valence-electron chi connectivity index (χ2n) is 5.58. The Bertz CT molecular complexity index is 238. The van der Waals surface area contributed by atoms with Crippen molar-refractivity contribution in [1.82, 2.24) is 9.80 Å². The Hall–Kier alpha value is -0.610. The van der Waals surface area contributed by atoms with Crippen molar-refractivity contribution in [2.45, 2.75) is 32.2 Å². The molecule has 1 aliphatic carbocycles. The molecule has 1 saturated heterocycles. The van der Waals surface area contributed by atoms with Crippen LogP contribution in [0.2, 0.25) is 0 Å². The zero-order chi connectivity index (χ0) is 12.9. The normalized spacial score (nSPS) is 26.3. The van der Waals surface area contributed by atoms with E-state index in [-0.39, 0.29) is 0 Å². The monoisotopic (exact) mass is 242 g/mol. The zero-order valence-corrected chi connectivity index (χ0v) is 11.6. The second-order valence-corrected chi connectivity index (χ2v) is 5.58. The molecule has 100 valence electrons. The minimum Gasteiger partial charge on any atom is -0.468 e. The summed E-state index contributed by atoms with van der Waals surface area (Å²) in [6, 6.07) is 0.860. The SMILES string of the molecule is CCOC=O.CN1CC2(CCC(N(C)C)C2)C1. The molecular formula is C13H26N2O2. The van der Waals surface area contributed by atoms with Gasteiger partial charge in [0.25, 0.3) is 6.47 Å². The van der Waals surface area contributed by atoms with Gasteiger partial charge in [-0.15, -0.1) is 0 Å². The molecule has 1 unspecified atom stereocenters. The lowest BCUT2D eigenvalue weighted by Crippen LogP contribution is -2.53. The fourth-order valence-electron chi connectivity index (χ4n) is 3.07. The molecule has 0 aromatic rings. The van der Waals surface area contributed by atoms with E-state index in [1.54, 1.807) is 6.92 Å². The molecule has 2 rings (SSSR count). The van der Waals surface area contributed by atoms with Crippen molar-refractivity contribution in [3.63, 3.8) is 0 Å². The number of hydrogen-bond donors (Lipinski definition) is 0. The summed E-state index contributed by atoms with van der Waals surface area (Å²) in [5, 5.41) is 0. The minimum absolute atomic E-state index is 0.431. The van der Waals surface area contributed by atoms with E-state index in [1.165, 1.54) is 32.4 Å². The molecule has 0 N–H and O–H groups in total. The predicted octanol–water partition coefficient (Wildman–Crippen LogP) is 1.21. The maximum absolute atomic E-state index is 9.18. The van der Waals surface area contributed by atoms with Gasteiger partial charge in [-0.3, -0.25) is 4.79 Å². The van der Waals surface area contributed by atoms with E-state index < -0.39 is 0 Å². The fraction of sp³-hybridized carbons (Fsp3) is 0.923. The maximum atomic E-state index is 9.18. The van der Waals surface area contributed by atoms with Gasteiger partial charge in [0.2, 0.25) is 0 Å². The number of nitrogens with zero attached hydrogens (tertiary/aromatic N) is 2. The van der Waals surface area contributed by atoms with E-state index in [1.807, 2.05) is 0 Å². The summed E-state index contributed by atoms with van der Waals surface area (Å²) in [5.74, 6) is 0. The van der Waals surface area contributed by atoms with Crippen molar-refractivity contribution >= 4 is 6.47 Å². The van der Waals surface area contributed by atoms with Crippen LogP contribution in [0.15, 0.2) is 0 Å². The van der Waals surface area contributed by atoms with E-state index in [9.17, 15) is 4.79 Å². The van der Waals surface area contributed by atoms with E-state index in [0.717, 1.165) is 11.5 Å². The Balaban J connectivity index is 0.000000249. The third-order valence-corrected chi connectivity index (χ3v) is 3.85. The summed E-state index contributed by atoms with van der Waals surface area (Å²) in [4.78, 5) is 14.0. The topological polar surface area (TPSA) is 32.8 Å². The van der Waals surface area contributed by atoms with Crippen LogP contribution in [0.1, 0.15) is 26.2 Å². The highest BCUT2D eigenvalue weighted by atomic mass is 16.5. The number of likely N-dealkylation sites (tertiary alicyclic amines) is 1. The lowest BCUT2D eigenvalue weighted by molar-refractivity contribution is -0.128. The maximum Gasteiger partial charge on any atom is 0.293 e. The Morgan fingerprint density at radius 2 is 2.12 bits per heavy atom. The van der Waals surface area contributed by atoms with Crippen molar-refractivity contribution in [2.24, 2.45) is 5.41 Å². The minimum atomic E-state index is 0.431. The smallest absolute Gasteiger partial charge is 0.293 e. The molecule has 4 heteroatoms. The largest absolute Gasteiger partial charge is 0.468 e. The highest BCUT2D eigenvalue weighted by Gasteiger charge is 2.46. The summed E-state index contributed by atoms with van der Waals surface area (Å²) < 4.78 is 4.15. The second kappa shape index (κ2) is 6.36. The Morgan fingerprint density at radius 1 is 1.47 bits per heavy atom. The highest BCUT2D eigenvalue weighted by Crippen LogP contribution is 2.45. The third-order valence-electron chi connectivity index (χ3n) is 3.85. The summed E-state index contributed by atoms with van der Waals surface area (Å²) in [6.07, 6.45) is 4.31. The molecule has 0 bridgehead atoms. The number of rotatable bonds is 3. The van der Waals surface area contributed by atoms with Gasteiger partial charge >= 0.3 is 0 Å². The van der Waals surface area contributed by atoms with Crippen molar-refractivity contribution in [1.29, 1.82) is 0 Å². The Morgan fingerprint density at radius 3 is 2.41 bits per heavy atom. The first kappa shape index (κ1) is 14.5. The number of hydrogen-bond acceptors (Lipinski definition) is 4. The lowest BCUT2D eigenvalue weighted by Gasteiger charge is -2.46. The van der Waals surface area contributed by atoms with Gasteiger partial charge in [-0.1, -0.05) is 0 Å². The molecule has 1 atom stereocenters. The highest BCUT2D eigenvalue weighted by molar-refractivity contribution is 5.36. The first-order chi connectivity index (χ1) is 8.03. The van der Waals surface area contributed by atoms with Gasteiger partial charge in [-0.05, 0) is 52.7 Å². The molecule has 0 aromatic carbocycles. The average molecular weight is 242 g/mol. The van der Waals surface area contributed by atoms with Gasteiger partial charge < -0.3 is 14.5 Å². The first-order valence-electron chi connectivity index (χ1n) is 6.43. The Labute approximate surface area is 105 Å². The van der Waals surface area contributed by atoms with E-state index >= 15 is 0 Å². The van der Waals surface area contributed by atoms with E-state index in [0.29, 0.717) is 13.1 Å². The van der Waals surface area contributed by atoms with Crippen LogP contribution >= 0.6 is 0 Å². The third kappa shape index (κ3) is 3.96. The van der Waals surface area contributed by atoms with Crippen LogP contribution in [0.25, 0.3) is 0 Å². The zero-order valence-electron chi connectivity index (χ0n) is 11.6.